The Morgan fingerprint density at radius 3 is 2.00 bits per heavy atom. The Bertz CT molecular complexity index is 1510. The van der Waals surface area contributed by atoms with Gasteiger partial charge in [0.25, 0.3) is 8.32 Å². The standard InChI is InChI=1S/C35H50N2O6SSi/c1-33(2,3)45(26-15-11-9-12-16-26,27-17-13-10-14-18-27)42-24-34(4,5)31-22-30(43-37-31)28-21-25(19-20-29(28)41-8)23-44(39,40)35(6,7)32(36)38/h9-18,22,25,28-29H,19-21,23-24H2,1-8H3,(H2,36,38). The van der Waals surface area contributed by atoms with E-state index in [1.54, 1.807) is 7.11 Å². The van der Waals surface area contributed by atoms with Crippen LogP contribution in [0.2, 0.25) is 5.04 Å². The topological polar surface area (TPSA) is 122 Å². The molecule has 10 heteroatoms. The zero-order valence-corrected chi connectivity index (χ0v) is 29.8. The van der Waals surface area contributed by atoms with E-state index in [0.29, 0.717) is 31.6 Å². The summed E-state index contributed by atoms with van der Waals surface area (Å²) in [7, 11) is -4.85. The molecule has 1 heterocycles. The Balaban J connectivity index is 1.60. The van der Waals surface area contributed by atoms with E-state index < -0.39 is 34.2 Å². The van der Waals surface area contributed by atoms with Gasteiger partial charge in [0.05, 0.1) is 17.6 Å². The fraction of sp³-hybridized carbons (Fsp3) is 0.543. The minimum absolute atomic E-state index is 0.116. The number of benzene rings is 2. The monoisotopic (exact) mass is 654 g/mol. The fourth-order valence-electron chi connectivity index (χ4n) is 6.54. The molecule has 1 saturated carbocycles. The van der Waals surface area contributed by atoms with Gasteiger partial charge in [-0.2, -0.15) is 0 Å². The van der Waals surface area contributed by atoms with Crippen LogP contribution < -0.4 is 16.1 Å². The lowest BCUT2D eigenvalue weighted by atomic mass is 9.78. The van der Waals surface area contributed by atoms with Gasteiger partial charge in [-0.05, 0) is 54.4 Å². The quantitative estimate of drug-likeness (QED) is 0.270. The molecule has 8 nitrogen and oxygen atoms in total. The molecule has 0 aliphatic heterocycles. The summed E-state index contributed by atoms with van der Waals surface area (Å²) in [5, 5.41) is 6.80. The zero-order chi connectivity index (χ0) is 33.3. The number of sulfone groups is 1. The van der Waals surface area contributed by atoms with Gasteiger partial charge in [-0.25, -0.2) is 8.42 Å². The van der Waals surface area contributed by atoms with Gasteiger partial charge >= 0.3 is 0 Å². The first-order valence-electron chi connectivity index (χ1n) is 15.7. The highest BCUT2D eigenvalue weighted by atomic mass is 32.2. The predicted molar refractivity (Wildman–Crippen MR) is 181 cm³/mol. The number of primary amides is 1. The summed E-state index contributed by atoms with van der Waals surface area (Å²) in [6.45, 7) is 14.2. The molecule has 2 N–H and O–H groups in total. The lowest BCUT2D eigenvalue weighted by Crippen LogP contribution is -2.67. The predicted octanol–water partition coefficient (Wildman–Crippen LogP) is 5.11. The van der Waals surface area contributed by atoms with Crippen LogP contribution in [0, 0.1) is 5.92 Å². The van der Waals surface area contributed by atoms with Crippen LogP contribution in [0.25, 0.3) is 0 Å². The number of methoxy groups -OCH3 is 1. The maximum atomic E-state index is 13.1. The second-order valence-corrected chi connectivity index (χ2v) is 21.6. The van der Waals surface area contributed by atoms with Crippen LogP contribution in [0.4, 0.5) is 0 Å². The first kappa shape index (κ1) is 35.1. The minimum atomic E-state index is -3.76. The number of hydrogen-bond donors (Lipinski definition) is 1. The van der Waals surface area contributed by atoms with Crippen molar-refractivity contribution in [2.24, 2.45) is 11.7 Å². The van der Waals surface area contributed by atoms with Crippen molar-refractivity contribution in [1.82, 2.24) is 5.16 Å². The van der Waals surface area contributed by atoms with Crippen LogP contribution in [0.1, 0.15) is 85.1 Å². The summed E-state index contributed by atoms with van der Waals surface area (Å²) in [5.41, 5.74) is 5.73. The van der Waals surface area contributed by atoms with E-state index >= 15 is 0 Å². The van der Waals surface area contributed by atoms with Crippen LogP contribution in [-0.4, -0.2) is 58.1 Å². The molecule has 1 aliphatic rings. The van der Waals surface area contributed by atoms with Crippen molar-refractivity contribution in [2.75, 3.05) is 19.5 Å². The summed E-state index contributed by atoms with van der Waals surface area (Å²) < 4.78 is 43.7. The molecular formula is C35H50N2O6SSi. The third-order valence-electron chi connectivity index (χ3n) is 9.68. The number of ether oxygens (including phenoxy) is 1. The smallest absolute Gasteiger partial charge is 0.261 e. The molecule has 0 bridgehead atoms. The Hall–Kier alpha value is -2.79. The van der Waals surface area contributed by atoms with Gasteiger partial charge in [-0.1, -0.05) is 100 Å². The number of carbonyl (C=O) groups excluding carboxylic acids is 1. The third-order valence-corrected chi connectivity index (χ3v) is 17.3. The van der Waals surface area contributed by atoms with Crippen LogP contribution in [0.5, 0.6) is 0 Å². The number of nitrogens with zero attached hydrogens (tertiary/aromatic N) is 1. The molecule has 246 valence electrons. The van der Waals surface area contributed by atoms with Crippen LogP contribution >= 0.6 is 0 Å². The van der Waals surface area contributed by atoms with Crippen molar-refractivity contribution in [1.29, 1.82) is 0 Å². The van der Waals surface area contributed by atoms with E-state index in [1.807, 2.05) is 18.2 Å². The number of carbonyl (C=O) groups is 1. The van der Waals surface area contributed by atoms with Crippen LogP contribution in [-0.2, 0) is 29.2 Å². The van der Waals surface area contributed by atoms with Gasteiger partial charge in [0.15, 0.2) is 9.84 Å². The lowest BCUT2D eigenvalue weighted by molar-refractivity contribution is -0.119. The Morgan fingerprint density at radius 1 is 0.956 bits per heavy atom. The van der Waals surface area contributed by atoms with Crippen molar-refractivity contribution in [3.05, 3.63) is 78.2 Å². The number of hydrogen-bond acceptors (Lipinski definition) is 7. The second-order valence-electron chi connectivity index (χ2n) is 14.7. The van der Waals surface area contributed by atoms with Gasteiger partial charge < -0.3 is 19.4 Å². The lowest BCUT2D eigenvalue weighted by Gasteiger charge is -2.44. The normalized spacial score (nSPS) is 20.2. The minimum Gasteiger partial charge on any atom is -0.406 e. The molecule has 2 aromatic carbocycles. The molecular weight excluding hydrogens is 605 g/mol. The number of aromatic nitrogens is 1. The van der Waals surface area contributed by atoms with Crippen molar-refractivity contribution in [3.8, 4) is 0 Å². The highest BCUT2D eigenvalue weighted by Crippen LogP contribution is 2.42. The average molecular weight is 655 g/mol. The maximum absolute atomic E-state index is 13.1. The Labute approximate surface area is 270 Å². The number of nitrogens with two attached hydrogens (primary N) is 1. The van der Waals surface area contributed by atoms with E-state index in [2.05, 4.69) is 88.3 Å². The van der Waals surface area contributed by atoms with Gasteiger partial charge in [-0.15, -0.1) is 0 Å². The first-order valence-corrected chi connectivity index (χ1v) is 19.3. The molecule has 4 rings (SSSR count). The van der Waals surface area contributed by atoms with Crippen LogP contribution in [0.15, 0.2) is 71.3 Å². The van der Waals surface area contributed by atoms with Crippen molar-refractivity contribution in [3.63, 3.8) is 0 Å². The van der Waals surface area contributed by atoms with E-state index in [0.717, 1.165) is 5.69 Å². The molecule has 0 saturated heterocycles. The summed E-state index contributed by atoms with van der Waals surface area (Å²) >= 11 is 0. The molecule has 1 aromatic heterocycles. The molecule has 3 aromatic rings. The van der Waals surface area contributed by atoms with E-state index in [9.17, 15) is 13.2 Å². The molecule has 1 aliphatic carbocycles. The second kappa shape index (κ2) is 13.1. The van der Waals surface area contributed by atoms with Crippen LogP contribution in [0.3, 0.4) is 0 Å². The molecule has 3 atom stereocenters. The fourth-order valence-corrected chi connectivity index (χ4v) is 12.9. The number of rotatable bonds is 12. The average Bonchev–Trinajstić information content (AvgIpc) is 3.49. The molecule has 3 unspecified atom stereocenters. The highest BCUT2D eigenvalue weighted by molar-refractivity contribution is 7.93. The third kappa shape index (κ3) is 6.99. The van der Waals surface area contributed by atoms with E-state index in [1.165, 1.54) is 24.2 Å². The summed E-state index contributed by atoms with van der Waals surface area (Å²) in [6.07, 6.45) is 1.75. The maximum Gasteiger partial charge on any atom is 0.261 e. The van der Waals surface area contributed by atoms with E-state index in [4.69, 9.17) is 19.4 Å². The van der Waals surface area contributed by atoms with Gasteiger partial charge in [0.1, 0.15) is 10.5 Å². The number of amides is 1. The SMILES string of the molecule is COC1CCC(CS(=O)(=O)C(C)(C)C(N)=O)CC1c1cc(C(C)(C)CO[Si](c2ccccc2)(c2ccccc2)C(C)(C)C)no1. The molecule has 1 amide bonds. The van der Waals surface area contributed by atoms with Crippen molar-refractivity contribution < 1.29 is 26.9 Å². The summed E-state index contributed by atoms with van der Waals surface area (Å²) in [4.78, 5) is 11.9. The largest absolute Gasteiger partial charge is 0.406 e. The molecule has 0 radical (unpaired) electrons. The molecule has 0 spiro atoms. The summed E-state index contributed by atoms with van der Waals surface area (Å²) in [5.74, 6) is -0.617. The van der Waals surface area contributed by atoms with Gasteiger partial charge in [-0.3, -0.25) is 4.79 Å². The zero-order valence-electron chi connectivity index (χ0n) is 28.0. The van der Waals surface area contributed by atoms with Gasteiger partial charge in [0, 0.05) is 31.1 Å². The first-order chi connectivity index (χ1) is 21.0. The van der Waals surface area contributed by atoms with Crippen molar-refractivity contribution >= 4 is 34.4 Å². The Morgan fingerprint density at radius 2 is 1.51 bits per heavy atom. The van der Waals surface area contributed by atoms with Gasteiger partial charge in [0.2, 0.25) is 5.91 Å². The Kier molecular flexibility index (Phi) is 10.2. The summed E-state index contributed by atoms with van der Waals surface area (Å²) in [6, 6.07) is 23.1. The molecule has 1 fully saturated rings. The van der Waals surface area contributed by atoms with Crippen molar-refractivity contribution in [2.45, 2.75) is 95.0 Å². The molecule has 45 heavy (non-hydrogen) atoms. The highest BCUT2D eigenvalue weighted by Gasteiger charge is 2.51. The van der Waals surface area contributed by atoms with E-state index in [-0.39, 0.29) is 28.7 Å².